The Bertz CT molecular complexity index is 744. The van der Waals surface area contributed by atoms with E-state index in [1.807, 2.05) is 13.0 Å². The molecule has 7 heteroatoms. The van der Waals surface area contributed by atoms with E-state index in [1.165, 1.54) is 6.21 Å². The van der Waals surface area contributed by atoms with E-state index < -0.39 is 0 Å². The molecule has 0 spiro atoms. The summed E-state index contributed by atoms with van der Waals surface area (Å²) in [4.78, 5) is 16.8. The maximum Gasteiger partial charge on any atom is 0.265 e. The number of hydrogen-bond acceptors (Lipinski definition) is 6. The second kappa shape index (κ2) is 9.93. The molecule has 2 aromatic rings. The van der Waals surface area contributed by atoms with E-state index >= 15 is 0 Å². The number of hydrogen-bond donors (Lipinski definition) is 1. The van der Waals surface area contributed by atoms with Crippen molar-refractivity contribution in [2.45, 2.75) is 6.92 Å². The number of amides is 1. The maximum absolute atomic E-state index is 11.8. The van der Waals surface area contributed by atoms with Crippen LogP contribution in [0, 0.1) is 0 Å². The predicted molar refractivity (Wildman–Crippen MR) is 99.3 cm³/mol. The van der Waals surface area contributed by atoms with Gasteiger partial charge in [0, 0.05) is 11.3 Å². The molecule has 0 bridgehead atoms. The van der Waals surface area contributed by atoms with Crippen LogP contribution in [0.4, 0.5) is 5.69 Å². The van der Waals surface area contributed by atoms with E-state index in [0.29, 0.717) is 23.8 Å². The second-order valence-corrected chi connectivity index (χ2v) is 5.13. The van der Waals surface area contributed by atoms with Crippen LogP contribution in [0.15, 0.2) is 47.6 Å². The van der Waals surface area contributed by atoms with E-state index in [0.717, 1.165) is 11.3 Å². The van der Waals surface area contributed by atoms with E-state index in [4.69, 9.17) is 19.0 Å². The molecule has 0 saturated heterocycles. The minimum absolute atomic E-state index is 0.198. The van der Waals surface area contributed by atoms with Crippen molar-refractivity contribution in [1.82, 2.24) is 0 Å². The molecule has 0 saturated carbocycles. The Labute approximate surface area is 152 Å². The van der Waals surface area contributed by atoms with Crippen LogP contribution in [0.3, 0.4) is 0 Å². The largest absolute Gasteiger partial charge is 0.497 e. The van der Waals surface area contributed by atoms with Gasteiger partial charge in [0.25, 0.3) is 5.91 Å². The van der Waals surface area contributed by atoms with Gasteiger partial charge in [-0.1, -0.05) is 5.16 Å². The van der Waals surface area contributed by atoms with E-state index in [9.17, 15) is 4.79 Å². The van der Waals surface area contributed by atoms with Crippen molar-refractivity contribution in [1.29, 1.82) is 0 Å². The molecule has 0 fully saturated rings. The summed E-state index contributed by atoms with van der Waals surface area (Å²) in [6, 6.07) is 12.4. The monoisotopic (exact) mass is 358 g/mol. The van der Waals surface area contributed by atoms with Gasteiger partial charge in [-0.3, -0.25) is 4.79 Å². The van der Waals surface area contributed by atoms with Gasteiger partial charge >= 0.3 is 0 Å². The number of rotatable bonds is 9. The fraction of sp³-hybridized carbons (Fsp3) is 0.263. The van der Waals surface area contributed by atoms with Crippen LogP contribution in [0.2, 0.25) is 0 Å². The molecule has 0 unspecified atom stereocenters. The molecule has 0 aliphatic rings. The van der Waals surface area contributed by atoms with Crippen molar-refractivity contribution in [2.75, 3.05) is 32.8 Å². The van der Waals surface area contributed by atoms with Crippen molar-refractivity contribution in [3.05, 3.63) is 48.0 Å². The Kier molecular flexibility index (Phi) is 7.30. The number of carbonyl (C=O) groups excluding carboxylic acids is 1. The lowest BCUT2D eigenvalue weighted by molar-refractivity contribution is -0.120. The molecule has 1 N–H and O–H groups in total. The van der Waals surface area contributed by atoms with Crippen molar-refractivity contribution < 1.29 is 23.8 Å². The SMILES string of the molecule is CCOc1ccc(/C=N/OCC(=O)Nc2ccc(OC)cc2)cc1OC. The molecule has 0 heterocycles. The minimum Gasteiger partial charge on any atom is -0.497 e. The number of methoxy groups -OCH3 is 2. The first-order valence-electron chi connectivity index (χ1n) is 8.06. The first kappa shape index (κ1) is 19.1. The molecule has 0 atom stereocenters. The lowest BCUT2D eigenvalue weighted by Gasteiger charge is -2.09. The van der Waals surface area contributed by atoms with Crippen molar-refractivity contribution >= 4 is 17.8 Å². The highest BCUT2D eigenvalue weighted by Gasteiger charge is 2.05. The van der Waals surface area contributed by atoms with Gasteiger partial charge in [-0.25, -0.2) is 0 Å². The molecular formula is C19H22N2O5. The summed E-state index contributed by atoms with van der Waals surface area (Å²) in [5, 5.41) is 6.50. The molecule has 0 aromatic heterocycles. The van der Waals surface area contributed by atoms with Gasteiger partial charge in [0.15, 0.2) is 18.1 Å². The summed E-state index contributed by atoms with van der Waals surface area (Å²) in [6.07, 6.45) is 1.50. The zero-order chi connectivity index (χ0) is 18.8. The number of benzene rings is 2. The molecule has 7 nitrogen and oxygen atoms in total. The summed E-state index contributed by atoms with van der Waals surface area (Å²) in [5.41, 5.74) is 1.42. The molecule has 2 aromatic carbocycles. The maximum atomic E-state index is 11.8. The molecule has 26 heavy (non-hydrogen) atoms. The highest BCUT2D eigenvalue weighted by Crippen LogP contribution is 2.27. The number of oxime groups is 1. The summed E-state index contributed by atoms with van der Waals surface area (Å²) >= 11 is 0. The minimum atomic E-state index is -0.309. The number of ether oxygens (including phenoxy) is 3. The van der Waals surface area contributed by atoms with Crippen LogP contribution in [-0.4, -0.2) is 39.6 Å². The smallest absolute Gasteiger partial charge is 0.265 e. The van der Waals surface area contributed by atoms with Crippen LogP contribution in [0.25, 0.3) is 0 Å². The normalized spacial score (nSPS) is 10.4. The second-order valence-electron chi connectivity index (χ2n) is 5.13. The van der Waals surface area contributed by atoms with E-state index in [2.05, 4.69) is 10.5 Å². The van der Waals surface area contributed by atoms with Crippen LogP contribution >= 0.6 is 0 Å². The first-order valence-corrected chi connectivity index (χ1v) is 8.06. The van der Waals surface area contributed by atoms with Crippen molar-refractivity contribution in [3.8, 4) is 17.2 Å². The number of nitrogens with zero attached hydrogens (tertiary/aromatic N) is 1. The van der Waals surface area contributed by atoms with Crippen LogP contribution in [0.5, 0.6) is 17.2 Å². The predicted octanol–water partition coefficient (Wildman–Crippen LogP) is 3.09. The van der Waals surface area contributed by atoms with E-state index in [-0.39, 0.29) is 12.5 Å². The number of carbonyl (C=O) groups is 1. The molecule has 1 amide bonds. The van der Waals surface area contributed by atoms with E-state index in [1.54, 1.807) is 50.6 Å². The van der Waals surface area contributed by atoms with Crippen LogP contribution < -0.4 is 19.5 Å². The average molecular weight is 358 g/mol. The van der Waals surface area contributed by atoms with Gasteiger partial charge in [0.2, 0.25) is 0 Å². The lowest BCUT2D eigenvalue weighted by Crippen LogP contribution is -2.16. The highest BCUT2D eigenvalue weighted by molar-refractivity contribution is 5.91. The standard InChI is InChI=1S/C19H22N2O5/c1-4-25-17-10-5-14(11-18(17)24-3)12-20-26-13-19(22)21-15-6-8-16(23-2)9-7-15/h5-12H,4,13H2,1-3H3,(H,21,22)/b20-12+. The summed E-state index contributed by atoms with van der Waals surface area (Å²) < 4.78 is 15.8. The Morgan fingerprint density at radius 1 is 1.08 bits per heavy atom. The molecule has 0 aliphatic carbocycles. The van der Waals surface area contributed by atoms with Gasteiger partial charge in [0.1, 0.15) is 5.75 Å². The third-order valence-corrected chi connectivity index (χ3v) is 3.33. The first-order chi connectivity index (χ1) is 12.7. The zero-order valence-corrected chi connectivity index (χ0v) is 15.0. The Balaban J connectivity index is 1.83. The number of anilines is 1. The molecule has 0 radical (unpaired) electrons. The molecular weight excluding hydrogens is 336 g/mol. The zero-order valence-electron chi connectivity index (χ0n) is 15.0. The Morgan fingerprint density at radius 3 is 2.50 bits per heavy atom. The Morgan fingerprint density at radius 2 is 1.85 bits per heavy atom. The van der Waals surface area contributed by atoms with Crippen molar-refractivity contribution in [3.63, 3.8) is 0 Å². The Hall–Kier alpha value is -3.22. The van der Waals surface area contributed by atoms with Gasteiger partial charge in [-0.05, 0) is 49.4 Å². The number of nitrogens with one attached hydrogen (secondary N) is 1. The third kappa shape index (κ3) is 5.70. The topological polar surface area (TPSA) is 78.4 Å². The average Bonchev–Trinajstić information content (AvgIpc) is 2.67. The molecule has 0 aliphatic heterocycles. The summed E-state index contributed by atoms with van der Waals surface area (Å²) in [6.45, 7) is 2.26. The fourth-order valence-electron chi connectivity index (χ4n) is 2.10. The van der Waals surface area contributed by atoms with Gasteiger partial charge in [0.05, 0.1) is 27.0 Å². The fourth-order valence-corrected chi connectivity index (χ4v) is 2.10. The van der Waals surface area contributed by atoms with Gasteiger partial charge < -0.3 is 24.4 Å². The molecule has 2 rings (SSSR count). The van der Waals surface area contributed by atoms with Crippen LogP contribution in [-0.2, 0) is 9.63 Å². The van der Waals surface area contributed by atoms with Gasteiger partial charge in [-0.15, -0.1) is 0 Å². The lowest BCUT2D eigenvalue weighted by atomic mass is 10.2. The van der Waals surface area contributed by atoms with Gasteiger partial charge in [-0.2, -0.15) is 0 Å². The third-order valence-electron chi connectivity index (χ3n) is 3.33. The summed E-state index contributed by atoms with van der Waals surface area (Å²) in [5.74, 6) is 1.67. The molecule has 138 valence electrons. The highest BCUT2D eigenvalue weighted by atomic mass is 16.6. The summed E-state index contributed by atoms with van der Waals surface area (Å²) in [7, 11) is 3.15. The quantitative estimate of drug-likeness (QED) is 0.550. The van der Waals surface area contributed by atoms with Crippen LogP contribution in [0.1, 0.15) is 12.5 Å². The van der Waals surface area contributed by atoms with Crippen molar-refractivity contribution in [2.24, 2.45) is 5.16 Å².